The van der Waals surface area contributed by atoms with E-state index in [0.29, 0.717) is 18.6 Å². The van der Waals surface area contributed by atoms with E-state index in [-0.39, 0.29) is 0 Å². The molecule has 1 aromatic rings. The Kier molecular flexibility index (Phi) is 3.90. The van der Waals surface area contributed by atoms with E-state index < -0.39 is 11.6 Å². The largest absolute Gasteiger partial charge is 0.478 e. The predicted octanol–water partition coefficient (Wildman–Crippen LogP) is 3.55. The first-order valence-electron chi connectivity index (χ1n) is 6.61. The lowest BCUT2D eigenvalue weighted by molar-refractivity contribution is -0.156. The number of aliphatic carboxylic acids is 1. The molecule has 0 spiro atoms. The molecule has 1 aromatic carbocycles. The Morgan fingerprint density at radius 1 is 1.11 bits per heavy atom. The van der Waals surface area contributed by atoms with Crippen LogP contribution in [0.15, 0.2) is 24.3 Å². The molecule has 0 atom stereocenters. The molecule has 0 saturated heterocycles. The van der Waals surface area contributed by atoms with Gasteiger partial charge in [0.2, 0.25) is 5.60 Å². The van der Waals surface area contributed by atoms with Gasteiger partial charge in [0.1, 0.15) is 5.75 Å². The van der Waals surface area contributed by atoms with Crippen molar-refractivity contribution in [3.8, 4) is 5.75 Å². The van der Waals surface area contributed by atoms with Gasteiger partial charge in [0.05, 0.1) is 0 Å². The number of carboxylic acids is 1. The fourth-order valence-corrected chi connectivity index (χ4v) is 2.49. The van der Waals surface area contributed by atoms with E-state index in [1.165, 1.54) is 0 Å². The zero-order chi connectivity index (χ0) is 13.0. The average Bonchev–Trinajstić information content (AvgIpc) is 2.59. The van der Waals surface area contributed by atoms with Crippen molar-refractivity contribution in [2.75, 3.05) is 0 Å². The van der Waals surface area contributed by atoms with Gasteiger partial charge in [-0.1, -0.05) is 30.5 Å². The highest BCUT2D eigenvalue weighted by atomic mass is 16.5. The number of carbonyl (C=O) groups is 1. The summed E-state index contributed by atoms with van der Waals surface area (Å²) in [4.78, 5) is 11.6. The van der Waals surface area contributed by atoms with Crippen LogP contribution >= 0.6 is 0 Å². The molecule has 3 heteroatoms. The van der Waals surface area contributed by atoms with Crippen LogP contribution in [-0.4, -0.2) is 16.7 Å². The summed E-state index contributed by atoms with van der Waals surface area (Å²) in [5.41, 5.74) is 0.124. The van der Waals surface area contributed by atoms with Crippen molar-refractivity contribution in [1.82, 2.24) is 0 Å². The second-order valence-corrected chi connectivity index (χ2v) is 5.13. The van der Waals surface area contributed by atoms with Gasteiger partial charge in [0.25, 0.3) is 0 Å². The topological polar surface area (TPSA) is 46.5 Å². The summed E-state index contributed by atoms with van der Waals surface area (Å²) in [7, 11) is 0. The van der Waals surface area contributed by atoms with Crippen LogP contribution in [0.25, 0.3) is 0 Å². The SMILES string of the molecule is Cc1ccc(OC2(C(=O)O)CCCCCC2)cc1. The lowest BCUT2D eigenvalue weighted by Gasteiger charge is -2.29. The van der Waals surface area contributed by atoms with Crippen LogP contribution in [0, 0.1) is 6.92 Å². The maximum Gasteiger partial charge on any atom is 0.348 e. The molecule has 0 amide bonds. The summed E-state index contributed by atoms with van der Waals surface area (Å²) in [5, 5.41) is 9.50. The third kappa shape index (κ3) is 2.84. The molecule has 0 heterocycles. The standard InChI is InChI=1S/C15H20O3/c1-12-6-8-13(9-7-12)18-15(14(16)17)10-4-2-3-5-11-15/h6-9H,2-5,10-11H2,1H3,(H,16,17). The first-order valence-corrected chi connectivity index (χ1v) is 6.61. The molecule has 0 aromatic heterocycles. The van der Waals surface area contributed by atoms with Gasteiger partial charge < -0.3 is 9.84 Å². The van der Waals surface area contributed by atoms with E-state index in [1.54, 1.807) is 0 Å². The van der Waals surface area contributed by atoms with Gasteiger partial charge in [0, 0.05) is 0 Å². The van der Waals surface area contributed by atoms with Gasteiger partial charge in [-0.15, -0.1) is 0 Å². The Morgan fingerprint density at radius 2 is 1.67 bits per heavy atom. The van der Waals surface area contributed by atoms with Crippen molar-refractivity contribution >= 4 is 5.97 Å². The molecule has 18 heavy (non-hydrogen) atoms. The van der Waals surface area contributed by atoms with Gasteiger partial charge >= 0.3 is 5.97 Å². The van der Waals surface area contributed by atoms with Crippen LogP contribution in [0.2, 0.25) is 0 Å². The second kappa shape index (κ2) is 5.42. The summed E-state index contributed by atoms with van der Waals surface area (Å²) in [6, 6.07) is 7.60. The van der Waals surface area contributed by atoms with Gasteiger partial charge in [-0.25, -0.2) is 4.79 Å². The van der Waals surface area contributed by atoms with Crippen molar-refractivity contribution in [2.24, 2.45) is 0 Å². The van der Waals surface area contributed by atoms with E-state index in [9.17, 15) is 9.90 Å². The molecular weight excluding hydrogens is 228 g/mol. The molecule has 0 radical (unpaired) electrons. The van der Waals surface area contributed by atoms with E-state index in [2.05, 4.69) is 0 Å². The summed E-state index contributed by atoms with van der Waals surface area (Å²) < 4.78 is 5.84. The molecule has 0 aliphatic heterocycles. The molecule has 3 nitrogen and oxygen atoms in total. The summed E-state index contributed by atoms with van der Waals surface area (Å²) in [5.74, 6) is -0.171. The van der Waals surface area contributed by atoms with Crippen LogP contribution in [0.4, 0.5) is 0 Å². The van der Waals surface area contributed by atoms with E-state index in [1.807, 2.05) is 31.2 Å². The molecule has 2 rings (SSSR count). The minimum atomic E-state index is -1.02. The predicted molar refractivity (Wildman–Crippen MR) is 69.9 cm³/mol. The zero-order valence-corrected chi connectivity index (χ0v) is 10.8. The lowest BCUT2D eigenvalue weighted by Crippen LogP contribution is -2.44. The van der Waals surface area contributed by atoms with Gasteiger partial charge in [0.15, 0.2) is 0 Å². The summed E-state index contributed by atoms with van der Waals surface area (Å²) in [6.07, 6.45) is 5.28. The number of hydrogen-bond donors (Lipinski definition) is 1. The molecule has 1 N–H and O–H groups in total. The highest BCUT2D eigenvalue weighted by Crippen LogP contribution is 2.32. The number of carboxylic acid groups (broad SMARTS) is 1. The number of benzene rings is 1. The van der Waals surface area contributed by atoms with Crippen molar-refractivity contribution in [3.05, 3.63) is 29.8 Å². The van der Waals surface area contributed by atoms with Crippen LogP contribution in [0.1, 0.15) is 44.1 Å². The molecule has 98 valence electrons. The fourth-order valence-electron chi connectivity index (χ4n) is 2.49. The third-order valence-corrected chi connectivity index (χ3v) is 3.64. The first-order chi connectivity index (χ1) is 8.62. The van der Waals surface area contributed by atoms with Crippen molar-refractivity contribution in [1.29, 1.82) is 0 Å². The molecule has 1 aliphatic rings. The minimum absolute atomic E-state index is 0.607. The van der Waals surface area contributed by atoms with Gasteiger partial charge in [-0.3, -0.25) is 0 Å². The average molecular weight is 248 g/mol. The second-order valence-electron chi connectivity index (χ2n) is 5.13. The van der Waals surface area contributed by atoms with Gasteiger partial charge in [-0.05, 0) is 44.7 Å². The van der Waals surface area contributed by atoms with E-state index in [4.69, 9.17) is 4.74 Å². The van der Waals surface area contributed by atoms with Crippen molar-refractivity contribution in [2.45, 2.75) is 51.0 Å². The van der Waals surface area contributed by atoms with Crippen molar-refractivity contribution in [3.63, 3.8) is 0 Å². The highest BCUT2D eigenvalue weighted by Gasteiger charge is 2.41. The minimum Gasteiger partial charge on any atom is -0.478 e. The zero-order valence-electron chi connectivity index (χ0n) is 10.8. The number of ether oxygens (including phenoxy) is 1. The fraction of sp³-hybridized carbons (Fsp3) is 0.533. The van der Waals surface area contributed by atoms with E-state index >= 15 is 0 Å². The molecule has 0 bridgehead atoms. The monoisotopic (exact) mass is 248 g/mol. The number of rotatable bonds is 3. The van der Waals surface area contributed by atoms with Crippen molar-refractivity contribution < 1.29 is 14.6 Å². The first kappa shape index (κ1) is 12.9. The Hall–Kier alpha value is -1.51. The maximum absolute atomic E-state index is 11.6. The molecule has 1 saturated carbocycles. The quantitative estimate of drug-likeness (QED) is 0.832. The molecule has 0 unspecified atom stereocenters. The highest BCUT2D eigenvalue weighted by molar-refractivity contribution is 5.78. The van der Waals surface area contributed by atoms with Gasteiger partial charge in [-0.2, -0.15) is 0 Å². The Bertz CT molecular complexity index is 400. The Morgan fingerprint density at radius 3 is 2.17 bits per heavy atom. The lowest BCUT2D eigenvalue weighted by atomic mass is 9.94. The van der Waals surface area contributed by atoms with Crippen LogP contribution in [-0.2, 0) is 4.79 Å². The summed E-state index contributed by atoms with van der Waals surface area (Å²) in [6.45, 7) is 2.00. The molecule has 1 aliphatic carbocycles. The summed E-state index contributed by atoms with van der Waals surface area (Å²) >= 11 is 0. The van der Waals surface area contributed by atoms with E-state index in [0.717, 1.165) is 31.2 Å². The van der Waals surface area contributed by atoms with Crippen LogP contribution < -0.4 is 4.74 Å². The molecule has 1 fully saturated rings. The third-order valence-electron chi connectivity index (χ3n) is 3.64. The smallest absolute Gasteiger partial charge is 0.348 e. The number of aryl methyl sites for hydroxylation is 1. The Labute approximate surface area is 108 Å². The molecular formula is C15H20O3. The van der Waals surface area contributed by atoms with Crippen LogP contribution in [0.5, 0.6) is 5.75 Å². The Balaban J connectivity index is 2.19. The number of hydrogen-bond acceptors (Lipinski definition) is 2. The van der Waals surface area contributed by atoms with Crippen LogP contribution in [0.3, 0.4) is 0 Å². The normalized spacial score (nSPS) is 18.9. The maximum atomic E-state index is 11.6.